The van der Waals surface area contributed by atoms with Gasteiger partial charge in [0.05, 0.1) is 6.10 Å². The molecule has 1 rings (SSSR count). The Morgan fingerprint density at radius 3 is 2.50 bits per heavy atom. The second-order valence-electron chi connectivity index (χ2n) is 3.51. The van der Waals surface area contributed by atoms with Crippen molar-refractivity contribution < 1.29 is 4.74 Å². The minimum absolute atomic E-state index is 0.470. The van der Waals surface area contributed by atoms with Gasteiger partial charge in [-0.05, 0) is 25.2 Å². The van der Waals surface area contributed by atoms with E-state index in [0.29, 0.717) is 6.10 Å². The van der Waals surface area contributed by atoms with Gasteiger partial charge < -0.3 is 4.74 Å². The largest absolute Gasteiger partial charge is 0.381 e. The molecule has 0 saturated heterocycles. The summed E-state index contributed by atoms with van der Waals surface area (Å²) in [4.78, 5) is 0. The Morgan fingerprint density at radius 1 is 1.40 bits per heavy atom. The van der Waals surface area contributed by atoms with Crippen LogP contribution in [0.5, 0.6) is 0 Å². The second-order valence-corrected chi connectivity index (χ2v) is 3.51. The molecule has 0 amide bonds. The van der Waals surface area contributed by atoms with Gasteiger partial charge in [0, 0.05) is 7.11 Å². The summed E-state index contributed by atoms with van der Waals surface area (Å²) < 4.78 is 5.30. The number of rotatable bonds is 2. The normalized spacial score (nSPS) is 36.3. The number of ether oxygens (including phenoxy) is 1. The molecule has 0 aromatic rings. The lowest BCUT2D eigenvalue weighted by Crippen LogP contribution is -2.21. The molecule has 1 aliphatic carbocycles. The third-order valence-corrected chi connectivity index (χ3v) is 2.90. The van der Waals surface area contributed by atoms with Gasteiger partial charge in [0.15, 0.2) is 0 Å². The summed E-state index contributed by atoms with van der Waals surface area (Å²) in [6, 6.07) is 0. The van der Waals surface area contributed by atoms with Gasteiger partial charge in [-0.25, -0.2) is 0 Å². The zero-order valence-corrected chi connectivity index (χ0v) is 7.26. The molecule has 0 aromatic heterocycles. The fourth-order valence-corrected chi connectivity index (χ4v) is 2.05. The molecular weight excluding hydrogens is 124 g/mol. The van der Waals surface area contributed by atoms with Crippen LogP contribution in [0.15, 0.2) is 0 Å². The van der Waals surface area contributed by atoms with E-state index in [2.05, 4.69) is 13.8 Å². The van der Waals surface area contributed by atoms with Crippen LogP contribution in [-0.2, 0) is 4.74 Å². The number of methoxy groups -OCH3 is 1. The molecule has 60 valence electrons. The Balaban J connectivity index is 2.38. The summed E-state index contributed by atoms with van der Waals surface area (Å²) in [5.74, 6) is 1.71. The fraction of sp³-hybridized carbons (Fsp3) is 1.00. The lowest BCUT2D eigenvalue weighted by Gasteiger charge is -2.21. The maximum absolute atomic E-state index is 5.30. The monoisotopic (exact) mass is 142 g/mol. The standard InChI is InChI=1S/C9H18O/c1-7-5-4-6-9(7)8(2)10-3/h7-9H,4-6H2,1-3H3. The van der Waals surface area contributed by atoms with E-state index in [4.69, 9.17) is 4.74 Å². The molecule has 0 bridgehead atoms. The van der Waals surface area contributed by atoms with Gasteiger partial charge in [-0.3, -0.25) is 0 Å². The third kappa shape index (κ3) is 1.51. The maximum Gasteiger partial charge on any atom is 0.0573 e. The summed E-state index contributed by atoms with van der Waals surface area (Å²) in [7, 11) is 1.82. The van der Waals surface area contributed by atoms with Crippen molar-refractivity contribution in [3.8, 4) is 0 Å². The molecule has 10 heavy (non-hydrogen) atoms. The summed E-state index contributed by atoms with van der Waals surface area (Å²) in [5, 5.41) is 0. The van der Waals surface area contributed by atoms with Gasteiger partial charge in [-0.15, -0.1) is 0 Å². The van der Waals surface area contributed by atoms with E-state index in [-0.39, 0.29) is 0 Å². The van der Waals surface area contributed by atoms with Crippen molar-refractivity contribution in [2.75, 3.05) is 7.11 Å². The predicted molar refractivity (Wildman–Crippen MR) is 43.0 cm³/mol. The molecule has 3 atom stereocenters. The first-order chi connectivity index (χ1) is 4.75. The van der Waals surface area contributed by atoms with Crippen LogP contribution in [0.4, 0.5) is 0 Å². The van der Waals surface area contributed by atoms with E-state index in [1.54, 1.807) is 0 Å². The van der Waals surface area contributed by atoms with E-state index >= 15 is 0 Å². The van der Waals surface area contributed by atoms with Crippen molar-refractivity contribution in [3.05, 3.63) is 0 Å². The topological polar surface area (TPSA) is 9.23 Å². The highest BCUT2D eigenvalue weighted by atomic mass is 16.5. The highest BCUT2D eigenvalue weighted by molar-refractivity contribution is 4.78. The maximum atomic E-state index is 5.30. The molecule has 1 fully saturated rings. The van der Waals surface area contributed by atoms with E-state index in [9.17, 15) is 0 Å². The first kappa shape index (κ1) is 8.06. The lowest BCUT2D eigenvalue weighted by molar-refractivity contribution is 0.0539. The van der Waals surface area contributed by atoms with Crippen LogP contribution >= 0.6 is 0 Å². The number of hydrogen-bond donors (Lipinski definition) is 0. The van der Waals surface area contributed by atoms with Crippen LogP contribution in [0, 0.1) is 11.8 Å². The Morgan fingerprint density at radius 2 is 2.10 bits per heavy atom. The predicted octanol–water partition coefficient (Wildman–Crippen LogP) is 2.46. The molecule has 1 aliphatic rings. The van der Waals surface area contributed by atoms with Crippen LogP contribution in [0.2, 0.25) is 0 Å². The quantitative estimate of drug-likeness (QED) is 0.575. The minimum Gasteiger partial charge on any atom is -0.381 e. The molecule has 3 unspecified atom stereocenters. The van der Waals surface area contributed by atoms with E-state index in [1.165, 1.54) is 19.3 Å². The van der Waals surface area contributed by atoms with Crippen molar-refractivity contribution >= 4 is 0 Å². The summed E-state index contributed by atoms with van der Waals surface area (Å²) in [6.45, 7) is 4.53. The second kappa shape index (κ2) is 3.38. The number of hydrogen-bond acceptors (Lipinski definition) is 1. The molecular formula is C9H18O. The van der Waals surface area contributed by atoms with E-state index in [0.717, 1.165) is 11.8 Å². The average Bonchev–Trinajstić information content (AvgIpc) is 2.34. The summed E-state index contributed by atoms with van der Waals surface area (Å²) >= 11 is 0. The van der Waals surface area contributed by atoms with Crippen molar-refractivity contribution in [1.29, 1.82) is 0 Å². The SMILES string of the molecule is COC(C)C1CCCC1C. The van der Waals surface area contributed by atoms with Crippen molar-refractivity contribution in [1.82, 2.24) is 0 Å². The van der Waals surface area contributed by atoms with Crippen LogP contribution < -0.4 is 0 Å². The highest BCUT2D eigenvalue weighted by Gasteiger charge is 2.27. The summed E-state index contributed by atoms with van der Waals surface area (Å²) in [6.07, 6.45) is 4.64. The molecule has 0 heterocycles. The Kier molecular flexibility index (Phi) is 2.72. The molecule has 0 aromatic carbocycles. The first-order valence-corrected chi connectivity index (χ1v) is 4.28. The fourth-order valence-electron chi connectivity index (χ4n) is 2.05. The van der Waals surface area contributed by atoms with Crippen molar-refractivity contribution in [2.45, 2.75) is 39.2 Å². The van der Waals surface area contributed by atoms with Gasteiger partial charge in [0.25, 0.3) is 0 Å². The lowest BCUT2D eigenvalue weighted by atomic mass is 9.93. The zero-order valence-electron chi connectivity index (χ0n) is 7.26. The third-order valence-electron chi connectivity index (χ3n) is 2.90. The van der Waals surface area contributed by atoms with Crippen molar-refractivity contribution in [3.63, 3.8) is 0 Å². The average molecular weight is 142 g/mol. The van der Waals surface area contributed by atoms with Crippen LogP contribution in [0.1, 0.15) is 33.1 Å². The molecule has 1 saturated carbocycles. The first-order valence-electron chi connectivity index (χ1n) is 4.28. The van der Waals surface area contributed by atoms with E-state index < -0.39 is 0 Å². The molecule has 0 N–H and O–H groups in total. The van der Waals surface area contributed by atoms with Crippen LogP contribution in [-0.4, -0.2) is 13.2 Å². The Bertz CT molecular complexity index is 101. The molecule has 1 heteroatoms. The van der Waals surface area contributed by atoms with Crippen molar-refractivity contribution in [2.24, 2.45) is 11.8 Å². The minimum atomic E-state index is 0.470. The zero-order chi connectivity index (χ0) is 7.56. The Labute approximate surface area is 63.8 Å². The molecule has 0 aliphatic heterocycles. The van der Waals surface area contributed by atoms with E-state index in [1.807, 2.05) is 7.11 Å². The van der Waals surface area contributed by atoms with Crippen LogP contribution in [0.25, 0.3) is 0 Å². The molecule has 0 spiro atoms. The van der Waals surface area contributed by atoms with Gasteiger partial charge in [0.1, 0.15) is 0 Å². The molecule has 1 nitrogen and oxygen atoms in total. The van der Waals surface area contributed by atoms with Gasteiger partial charge >= 0.3 is 0 Å². The van der Waals surface area contributed by atoms with Crippen LogP contribution in [0.3, 0.4) is 0 Å². The van der Waals surface area contributed by atoms with Gasteiger partial charge in [-0.2, -0.15) is 0 Å². The molecule has 0 radical (unpaired) electrons. The van der Waals surface area contributed by atoms with Gasteiger partial charge in [-0.1, -0.05) is 19.8 Å². The summed E-state index contributed by atoms with van der Waals surface area (Å²) in [5.41, 5.74) is 0. The highest BCUT2D eigenvalue weighted by Crippen LogP contribution is 2.34. The van der Waals surface area contributed by atoms with Gasteiger partial charge in [0.2, 0.25) is 0 Å². The smallest absolute Gasteiger partial charge is 0.0573 e. The Hall–Kier alpha value is -0.0400.